The Morgan fingerprint density at radius 2 is 2.12 bits per heavy atom. The van der Waals surface area contributed by atoms with Crippen LogP contribution in [0.3, 0.4) is 0 Å². The first-order valence-electron chi connectivity index (χ1n) is 5.13. The van der Waals surface area contributed by atoms with Gasteiger partial charge in [0.1, 0.15) is 6.33 Å². The highest BCUT2D eigenvalue weighted by molar-refractivity contribution is 7.98. The SMILES string of the molecule is CNc1ncnc(NCCCSC)c1OC. The second-order valence-corrected chi connectivity index (χ2v) is 4.11. The van der Waals surface area contributed by atoms with Gasteiger partial charge < -0.3 is 15.4 Å². The number of nitrogens with one attached hydrogen (secondary N) is 2. The maximum absolute atomic E-state index is 5.27. The van der Waals surface area contributed by atoms with Gasteiger partial charge in [0.15, 0.2) is 11.6 Å². The van der Waals surface area contributed by atoms with E-state index >= 15 is 0 Å². The average Bonchev–Trinajstić information content (AvgIpc) is 2.34. The molecular weight excluding hydrogens is 224 g/mol. The molecule has 0 aliphatic rings. The highest BCUT2D eigenvalue weighted by Crippen LogP contribution is 2.28. The van der Waals surface area contributed by atoms with Crippen LogP contribution < -0.4 is 15.4 Å². The topological polar surface area (TPSA) is 59.1 Å². The average molecular weight is 242 g/mol. The second kappa shape index (κ2) is 7.16. The van der Waals surface area contributed by atoms with E-state index in [4.69, 9.17) is 4.74 Å². The second-order valence-electron chi connectivity index (χ2n) is 3.13. The third-order valence-electron chi connectivity index (χ3n) is 2.06. The van der Waals surface area contributed by atoms with Crippen LogP contribution in [0.5, 0.6) is 5.75 Å². The van der Waals surface area contributed by atoms with Gasteiger partial charge >= 0.3 is 0 Å². The number of methoxy groups -OCH3 is 1. The number of ether oxygens (including phenoxy) is 1. The standard InChI is InChI=1S/C10H18N4OS/c1-11-9-8(15-2)10(14-7-13-9)12-5-4-6-16-3/h7H,4-6H2,1-3H3,(H2,11,12,13,14). The van der Waals surface area contributed by atoms with Gasteiger partial charge in [-0.2, -0.15) is 11.8 Å². The number of aromatic nitrogens is 2. The molecule has 1 aromatic heterocycles. The number of hydrogen-bond acceptors (Lipinski definition) is 6. The summed E-state index contributed by atoms with van der Waals surface area (Å²) in [7, 11) is 3.43. The zero-order valence-electron chi connectivity index (χ0n) is 9.91. The fourth-order valence-electron chi connectivity index (χ4n) is 1.29. The molecule has 90 valence electrons. The molecule has 6 heteroatoms. The van der Waals surface area contributed by atoms with Crippen LogP contribution in [0, 0.1) is 0 Å². The van der Waals surface area contributed by atoms with E-state index in [1.54, 1.807) is 7.11 Å². The van der Waals surface area contributed by atoms with Gasteiger partial charge in [0.05, 0.1) is 7.11 Å². The summed E-state index contributed by atoms with van der Waals surface area (Å²) in [5.74, 6) is 3.24. The zero-order chi connectivity index (χ0) is 11.8. The molecule has 16 heavy (non-hydrogen) atoms. The van der Waals surface area contributed by atoms with Gasteiger partial charge in [0, 0.05) is 13.6 Å². The van der Waals surface area contributed by atoms with Gasteiger partial charge in [0.25, 0.3) is 0 Å². The van der Waals surface area contributed by atoms with E-state index in [2.05, 4.69) is 26.9 Å². The predicted octanol–water partition coefficient (Wildman–Crippen LogP) is 1.69. The summed E-state index contributed by atoms with van der Waals surface area (Å²) in [5.41, 5.74) is 0. The fourth-order valence-corrected chi connectivity index (χ4v) is 1.73. The molecule has 0 aliphatic heterocycles. The van der Waals surface area contributed by atoms with Crippen molar-refractivity contribution >= 4 is 23.4 Å². The monoisotopic (exact) mass is 242 g/mol. The molecule has 5 nitrogen and oxygen atoms in total. The first-order valence-corrected chi connectivity index (χ1v) is 6.52. The molecule has 0 fully saturated rings. The number of rotatable bonds is 7. The summed E-state index contributed by atoms with van der Waals surface area (Å²) >= 11 is 1.84. The van der Waals surface area contributed by atoms with Crippen molar-refractivity contribution in [3.63, 3.8) is 0 Å². The van der Waals surface area contributed by atoms with E-state index < -0.39 is 0 Å². The minimum atomic E-state index is 0.661. The predicted molar refractivity (Wildman–Crippen MR) is 69.6 cm³/mol. The van der Waals surface area contributed by atoms with Crippen molar-refractivity contribution in [1.29, 1.82) is 0 Å². The van der Waals surface area contributed by atoms with Crippen molar-refractivity contribution in [3.8, 4) is 5.75 Å². The number of anilines is 2. The lowest BCUT2D eigenvalue weighted by Crippen LogP contribution is -2.08. The Hall–Kier alpha value is -1.17. The normalized spacial score (nSPS) is 9.94. The van der Waals surface area contributed by atoms with Gasteiger partial charge in [-0.05, 0) is 18.4 Å². The largest absolute Gasteiger partial charge is 0.490 e. The molecule has 0 spiro atoms. The summed E-state index contributed by atoms with van der Waals surface area (Å²) in [5, 5.41) is 6.21. The van der Waals surface area contributed by atoms with Gasteiger partial charge in [-0.3, -0.25) is 0 Å². The van der Waals surface area contributed by atoms with Crippen molar-refractivity contribution in [3.05, 3.63) is 6.33 Å². The van der Waals surface area contributed by atoms with E-state index in [0.29, 0.717) is 11.6 Å². The summed E-state index contributed by atoms with van der Waals surface area (Å²) in [4.78, 5) is 8.24. The molecule has 0 aromatic carbocycles. The van der Waals surface area contributed by atoms with Crippen molar-refractivity contribution in [2.75, 3.05) is 43.3 Å². The molecule has 1 rings (SSSR count). The van der Waals surface area contributed by atoms with Crippen LogP contribution in [0.1, 0.15) is 6.42 Å². The van der Waals surface area contributed by atoms with Crippen LogP contribution >= 0.6 is 11.8 Å². The molecule has 0 aliphatic carbocycles. The fraction of sp³-hybridized carbons (Fsp3) is 0.600. The van der Waals surface area contributed by atoms with E-state index in [-0.39, 0.29) is 0 Å². The molecule has 0 saturated heterocycles. The number of thioether (sulfide) groups is 1. The molecule has 2 N–H and O–H groups in total. The maximum atomic E-state index is 5.27. The summed E-state index contributed by atoms with van der Waals surface area (Å²) in [6, 6.07) is 0. The van der Waals surface area contributed by atoms with Gasteiger partial charge in [-0.15, -0.1) is 0 Å². The minimum absolute atomic E-state index is 0.661. The Labute approximate surface area is 100 Å². The molecule has 0 unspecified atom stereocenters. The van der Waals surface area contributed by atoms with Crippen molar-refractivity contribution in [2.45, 2.75) is 6.42 Å². The lowest BCUT2D eigenvalue weighted by atomic mass is 10.4. The number of nitrogens with zero attached hydrogens (tertiary/aromatic N) is 2. The lowest BCUT2D eigenvalue weighted by molar-refractivity contribution is 0.415. The van der Waals surface area contributed by atoms with Crippen LogP contribution in [0.4, 0.5) is 11.6 Å². The Morgan fingerprint density at radius 1 is 1.38 bits per heavy atom. The van der Waals surface area contributed by atoms with Crippen LogP contribution in [0.25, 0.3) is 0 Å². The molecular formula is C10H18N4OS. The van der Waals surface area contributed by atoms with Crippen molar-refractivity contribution in [2.24, 2.45) is 0 Å². The van der Waals surface area contributed by atoms with E-state index in [9.17, 15) is 0 Å². The molecule has 1 heterocycles. The molecule has 0 bridgehead atoms. The maximum Gasteiger partial charge on any atom is 0.204 e. The lowest BCUT2D eigenvalue weighted by Gasteiger charge is -2.12. The molecule has 1 aromatic rings. The Balaban J connectivity index is 2.63. The third-order valence-corrected chi connectivity index (χ3v) is 2.76. The Bertz CT molecular complexity index is 322. The highest BCUT2D eigenvalue weighted by atomic mass is 32.2. The van der Waals surface area contributed by atoms with E-state index in [1.165, 1.54) is 6.33 Å². The minimum Gasteiger partial charge on any atom is -0.490 e. The zero-order valence-corrected chi connectivity index (χ0v) is 10.7. The Kier molecular flexibility index (Phi) is 5.77. The molecule has 0 amide bonds. The molecule has 0 saturated carbocycles. The van der Waals surface area contributed by atoms with Gasteiger partial charge in [-0.1, -0.05) is 0 Å². The third kappa shape index (κ3) is 3.44. The van der Waals surface area contributed by atoms with Crippen LogP contribution in [0.2, 0.25) is 0 Å². The van der Waals surface area contributed by atoms with Crippen molar-refractivity contribution < 1.29 is 4.74 Å². The summed E-state index contributed by atoms with van der Waals surface area (Å²) in [6.45, 7) is 0.886. The van der Waals surface area contributed by atoms with E-state index in [0.717, 1.165) is 24.5 Å². The smallest absolute Gasteiger partial charge is 0.204 e. The van der Waals surface area contributed by atoms with Crippen LogP contribution in [0.15, 0.2) is 6.33 Å². The highest BCUT2D eigenvalue weighted by Gasteiger charge is 2.09. The van der Waals surface area contributed by atoms with Crippen LogP contribution in [-0.4, -0.2) is 42.7 Å². The first kappa shape index (κ1) is 12.9. The summed E-state index contributed by atoms with van der Waals surface area (Å²) < 4.78 is 5.27. The quantitative estimate of drug-likeness (QED) is 0.710. The Morgan fingerprint density at radius 3 is 2.75 bits per heavy atom. The molecule has 0 atom stereocenters. The van der Waals surface area contributed by atoms with Gasteiger partial charge in [-0.25, -0.2) is 9.97 Å². The van der Waals surface area contributed by atoms with Gasteiger partial charge in [0.2, 0.25) is 5.75 Å². The summed E-state index contributed by atoms with van der Waals surface area (Å²) in [6.07, 6.45) is 4.72. The first-order chi connectivity index (χ1) is 7.83. The van der Waals surface area contributed by atoms with Crippen LogP contribution in [-0.2, 0) is 0 Å². The van der Waals surface area contributed by atoms with E-state index in [1.807, 2.05) is 18.8 Å². The van der Waals surface area contributed by atoms with Crippen molar-refractivity contribution in [1.82, 2.24) is 9.97 Å². The molecule has 0 radical (unpaired) electrons. The number of hydrogen-bond donors (Lipinski definition) is 2.